The van der Waals surface area contributed by atoms with Crippen LogP contribution in [-0.4, -0.2) is 18.2 Å². The van der Waals surface area contributed by atoms with Gasteiger partial charge in [0.2, 0.25) is 0 Å². The van der Waals surface area contributed by atoms with Crippen molar-refractivity contribution in [2.75, 3.05) is 6.54 Å². The Bertz CT molecular complexity index is 607. The molecule has 98 valence electrons. The highest BCUT2D eigenvalue weighted by Crippen LogP contribution is 2.21. The van der Waals surface area contributed by atoms with E-state index in [0.29, 0.717) is 20.5 Å². The number of hydrogen-bond donors (Lipinski definition) is 1. The Labute approximate surface area is 124 Å². The third kappa shape index (κ3) is 3.56. The molecule has 0 spiro atoms. The van der Waals surface area contributed by atoms with E-state index >= 15 is 0 Å². The maximum absolute atomic E-state index is 11.8. The Kier molecular flexibility index (Phi) is 4.58. The molecule has 1 aromatic heterocycles. The van der Waals surface area contributed by atoms with Crippen molar-refractivity contribution in [3.63, 3.8) is 0 Å². The molecule has 0 saturated carbocycles. The number of benzene rings is 1. The summed E-state index contributed by atoms with van der Waals surface area (Å²) >= 11 is 12.8. The predicted octanol–water partition coefficient (Wildman–Crippen LogP) is 3.67. The van der Waals surface area contributed by atoms with Crippen LogP contribution < -0.4 is 5.32 Å². The van der Waals surface area contributed by atoms with Crippen LogP contribution in [0.4, 0.5) is 0 Å². The molecular formula is C13H9Cl2NO2S. The molecule has 0 aliphatic heterocycles. The fourth-order valence-electron chi connectivity index (χ4n) is 1.43. The number of ketones is 1. The minimum Gasteiger partial charge on any atom is -0.344 e. The van der Waals surface area contributed by atoms with E-state index in [4.69, 9.17) is 23.2 Å². The van der Waals surface area contributed by atoms with Crippen molar-refractivity contribution in [1.29, 1.82) is 0 Å². The van der Waals surface area contributed by atoms with Crippen LogP contribution in [0, 0.1) is 0 Å². The second-order valence-corrected chi connectivity index (χ2v) is 5.47. The SMILES string of the molecule is O=C(CNC(=O)c1sccc1Cl)c1ccc(Cl)cc1. The molecule has 1 amide bonds. The van der Waals surface area contributed by atoms with Crippen molar-refractivity contribution >= 4 is 46.2 Å². The molecule has 0 bridgehead atoms. The molecule has 2 rings (SSSR count). The molecular weight excluding hydrogens is 305 g/mol. The van der Waals surface area contributed by atoms with E-state index in [0.717, 1.165) is 0 Å². The Morgan fingerprint density at radius 3 is 2.37 bits per heavy atom. The van der Waals surface area contributed by atoms with Gasteiger partial charge in [-0.1, -0.05) is 23.2 Å². The molecule has 0 aliphatic rings. The van der Waals surface area contributed by atoms with E-state index in [1.54, 1.807) is 35.7 Å². The molecule has 0 unspecified atom stereocenters. The highest BCUT2D eigenvalue weighted by Gasteiger charge is 2.13. The first-order valence-corrected chi connectivity index (χ1v) is 7.01. The van der Waals surface area contributed by atoms with Gasteiger partial charge in [0.25, 0.3) is 5.91 Å². The summed E-state index contributed by atoms with van der Waals surface area (Å²) in [5.41, 5.74) is 0.502. The van der Waals surface area contributed by atoms with Crippen LogP contribution in [0.1, 0.15) is 20.0 Å². The van der Waals surface area contributed by atoms with E-state index in [-0.39, 0.29) is 18.2 Å². The minimum atomic E-state index is -0.345. The number of rotatable bonds is 4. The molecule has 0 aliphatic carbocycles. The van der Waals surface area contributed by atoms with Gasteiger partial charge >= 0.3 is 0 Å². The molecule has 1 aromatic carbocycles. The summed E-state index contributed by atoms with van der Waals surface area (Å²) in [6, 6.07) is 8.14. The van der Waals surface area contributed by atoms with Crippen LogP contribution in [0.5, 0.6) is 0 Å². The van der Waals surface area contributed by atoms with Crippen LogP contribution in [0.3, 0.4) is 0 Å². The molecule has 19 heavy (non-hydrogen) atoms. The molecule has 3 nitrogen and oxygen atoms in total. The summed E-state index contributed by atoms with van der Waals surface area (Å²) < 4.78 is 0. The second kappa shape index (κ2) is 6.19. The summed E-state index contributed by atoms with van der Waals surface area (Å²) in [5.74, 6) is -0.528. The van der Waals surface area contributed by atoms with E-state index in [9.17, 15) is 9.59 Å². The van der Waals surface area contributed by atoms with Gasteiger partial charge in [-0.25, -0.2) is 0 Å². The molecule has 0 atom stereocenters. The van der Waals surface area contributed by atoms with Gasteiger partial charge in [0, 0.05) is 10.6 Å². The van der Waals surface area contributed by atoms with Gasteiger partial charge in [-0.15, -0.1) is 11.3 Å². The molecule has 1 N–H and O–H groups in total. The molecule has 2 aromatic rings. The topological polar surface area (TPSA) is 46.2 Å². The third-order valence-corrected chi connectivity index (χ3v) is 3.99. The van der Waals surface area contributed by atoms with Crippen LogP contribution in [0.2, 0.25) is 10.0 Å². The fourth-order valence-corrected chi connectivity index (χ4v) is 2.62. The summed E-state index contributed by atoms with van der Waals surface area (Å²) in [5, 5.41) is 5.22. The van der Waals surface area contributed by atoms with Gasteiger partial charge in [0.05, 0.1) is 11.6 Å². The lowest BCUT2D eigenvalue weighted by molar-refractivity contribution is 0.0907. The van der Waals surface area contributed by atoms with Crippen LogP contribution in [-0.2, 0) is 0 Å². The number of halogens is 2. The van der Waals surface area contributed by atoms with Crippen LogP contribution >= 0.6 is 34.5 Å². The maximum Gasteiger partial charge on any atom is 0.263 e. The van der Waals surface area contributed by atoms with Gasteiger partial charge < -0.3 is 5.32 Å². The first-order valence-electron chi connectivity index (χ1n) is 5.38. The van der Waals surface area contributed by atoms with Crippen molar-refractivity contribution < 1.29 is 9.59 Å². The zero-order chi connectivity index (χ0) is 13.8. The Morgan fingerprint density at radius 2 is 1.79 bits per heavy atom. The number of Topliss-reactive ketones (excluding diaryl/α,β-unsaturated/α-hetero) is 1. The predicted molar refractivity (Wildman–Crippen MR) is 77.4 cm³/mol. The summed E-state index contributed by atoms with van der Waals surface area (Å²) in [6.07, 6.45) is 0. The highest BCUT2D eigenvalue weighted by molar-refractivity contribution is 7.12. The zero-order valence-electron chi connectivity index (χ0n) is 9.65. The summed E-state index contributed by atoms with van der Waals surface area (Å²) in [7, 11) is 0. The van der Waals surface area contributed by atoms with E-state index < -0.39 is 0 Å². The summed E-state index contributed by atoms with van der Waals surface area (Å²) in [4.78, 5) is 24.0. The smallest absolute Gasteiger partial charge is 0.263 e. The quantitative estimate of drug-likeness (QED) is 0.875. The lowest BCUT2D eigenvalue weighted by atomic mass is 10.1. The monoisotopic (exact) mass is 313 g/mol. The Hall–Kier alpha value is -1.36. The number of amides is 1. The number of carbonyl (C=O) groups is 2. The van der Waals surface area contributed by atoms with E-state index in [1.807, 2.05) is 0 Å². The molecule has 6 heteroatoms. The van der Waals surface area contributed by atoms with Crippen LogP contribution in [0.25, 0.3) is 0 Å². The van der Waals surface area contributed by atoms with Gasteiger partial charge in [0.15, 0.2) is 5.78 Å². The van der Waals surface area contributed by atoms with Crippen molar-refractivity contribution in [3.8, 4) is 0 Å². The standard InChI is InChI=1S/C13H9Cl2NO2S/c14-9-3-1-8(2-4-9)11(17)7-16-13(18)12-10(15)5-6-19-12/h1-6H,7H2,(H,16,18). The number of carbonyl (C=O) groups excluding carboxylic acids is 2. The Balaban J connectivity index is 1.96. The Morgan fingerprint density at radius 1 is 1.11 bits per heavy atom. The summed E-state index contributed by atoms with van der Waals surface area (Å²) in [6.45, 7) is -0.0747. The van der Waals surface area contributed by atoms with Crippen molar-refractivity contribution in [2.24, 2.45) is 0 Å². The zero-order valence-corrected chi connectivity index (χ0v) is 12.0. The molecule has 0 fully saturated rings. The average Bonchev–Trinajstić information content (AvgIpc) is 2.83. The minimum absolute atomic E-state index is 0.0747. The normalized spacial score (nSPS) is 10.2. The van der Waals surface area contributed by atoms with E-state index in [2.05, 4.69) is 5.32 Å². The first kappa shape index (κ1) is 14.1. The highest BCUT2D eigenvalue weighted by atomic mass is 35.5. The van der Waals surface area contributed by atoms with Gasteiger partial charge in [0.1, 0.15) is 4.88 Å². The number of hydrogen-bond acceptors (Lipinski definition) is 3. The lowest BCUT2D eigenvalue weighted by Crippen LogP contribution is -2.29. The number of nitrogens with one attached hydrogen (secondary N) is 1. The van der Waals surface area contributed by atoms with Crippen molar-refractivity contribution in [2.45, 2.75) is 0 Å². The fraction of sp³-hybridized carbons (Fsp3) is 0.0769. The molecule has 0 saturated heterocycles. The first-order chi connectivity index (χ1) is 9.08. The number of thiophene rings is 1. The second-order valence-electron chi connectivity index (χ2n) is 3.71. The van der Waals surface area contributed by atoms with Crippen molar-refractivity contribution in [3.05, 3.63) is 56.2 Å². The van der Waals surface area contributed by atoms with Crippen LogP contribution in [0.15, 0.2) is 35.7 Å². The van der Waals surface area contributed by atoms with Gasteiger partial charge in [-0.3, -0.25) is 9.59 Å². The van der Waals surface area contributed by atoms with Crippen molar-refractivity contribution in [1.82, 2.24) is 5.32 Å². The van der Waals surface area contributed by atoms with E-state index in [1.165, 1.54) is 11.3 Å². The van der Waals surface area contributed by atoms with Gasteiger partial charge in [-0.05, 0) is 35.7 Å². The maximum atomic E-state index is 11.8. The largest absolute Gasteiger partial charge is 0.344 e. The average molecular weight is 314 g/mol. The van der Waals surface area contributed by atoms with Gasteiger partial charge in [-0.2, -0.15) is 0 Å². The lowest BCUT2D eigenvalue weighted by Gasteiger charge is -2.04. The third-order valence-electron chi connectivity index (χ3n) is 2.40. The molecule has 1 heterocycles. The molecule has 0 radical (unpaired) electrons.